The van der Waals surface area contributed by atoms with Gasteiger partial charge in [-0.3, -0.25) is 4.79 Å². The number of H-pyrrole nitrogens is 1. The molecule has 1 unspecified atom stereocenters. The molecule has 1 fully saturated rings. The summed E-state index contributed by atoms with van der Waals surface area (Å²) in [6.45, 7) is 3.63. The summed E-state index contributed by atoms with van der Waals surface area (Å²) in [6.07, 6.45) is 5.38. The van der Waals surface area contributed by atoms with Crippen LogP contribution in [0.25, 0.3) is 11.0 Å². The van der Waals surface area contributed by atoms with Crippen molar-refractivity contribution in [3.05, 3.63) is 30.4 Å². The predicted octanol–water partition coefficient (Wildman–Crippen LogP) is 1.45. The Balaban J connectivity index is 1.36. The Hall–Kier alpha value is -3.10. The number of nitrogens with one attached hydrogen (secondary N) is 3. The second-order valence-electron chi connectivity index (χ2n) is 6.48. The minimum Gasteiger partial charge on any atom is -0.354 e. The van der Waals surface area contributed by atoms with Gasteiger partial charge in [0.05, 0.1) is 17.6 Å². The number of aromatic nitrogens is 4. The molecule has 0 radical (unpaired) electrons. The van der Waals surface area contributed by atoms with Crippen molar-refractivity contribution in [2.75, 3.05) is 29.9 Å². The van der Waals surface area contributed by atoms with Gasteiger partial charge in [-0.1, -0.05) is 5.16 Å². The zero-order chi connectivity index (χ0) is 17.9. The smallest absolute Gasteiger partial charge is 0.239 e. The maximum atomic E-state index is 12.2. The van der Waals surface area contributed by atoms with Crippen LogP contribution >= 0.6 is 0 Å². The van der Waals surface area contributed by atoms with Crippen LogP contribution in [-0.2, 0) is 4.79 Å². The summed E-state index contributed by atoms with van der Waals surface area (Å²) >= 11 is 0. The van der Waals surface area contributed by atoms with E-state index in [1.54, 1.807) is 12.4 Å². The van der Waals surface area contributed by atoms with Crippen LogP contribution in [0, 0.1) is 6.92 Å². The third-order valence-electron chi connectivity index (χ3n) is 4.47. The van der Waals surface area contributed by atoms with Crippen molar-refractivity contribution in [1.29, 1.82) is 0 Å². The summed E-state index contributed by atoms with van der Waals surface area (Å²) < 4.78 is 5.05. The largest absolute Gasteiger partial charge is 0.354 e. The molecule has 1 amide bonds. The van der Waals surface area contributed by atoms with E-state index in [-0.39, 0.29) is 18.5 Å². The maximum absolute atomic E-state index is 12.2. The monoisotopic (exact) mass is 355 g/mol. The summed E-state index contributed by atoms with van der Waals surface area (Å²) in [5, 5.41) is 10.8. The van der Waals surface area contributed by atoms with Crippen LogP contribution < -0.4 is 15.5 Å². The average Bonchev–Trinajstić information content (AvgIpc) is 3.28. The zero-order valence-corrected chi connectivity index (χ0v) is 14.5. The molecule has 4 rings (SSSR count). The molecule has 1 aliphatic rings. The Kier molecular flexibility index (Phi) is 4.42. The van der Waals surface area contributed by atoms with E-state index in [1.807, 2.05) is 19.2 Å². The fourth-order valence-electron chi connectivity index (χ4n) is 3.29. The maximum Gasteiger partial charge on any atom is 0.239 e. The van der Waals surface area contributed by atoms with Crippen molar-refractivity contribution in [3.8, 4) is 0 Å². The number of hydrogen-bond donors (Lipinski definition) is 3. The lowest BCUT2D eigenvalue weighted by molar-refractivity contribution is -0.120. The minimum atomic E-state index is -0.0691. The van der Waals surface area contributed by atoms with Crippen LogP contribution in [0.3, 0.4) is 0 Å². The molecule has 1 atom stereocenters. The van der Waals surface area contributed by atoms with Crippen LogP contribution in [0.15, 0.2) is 29.2 Å². The number of hydrogen-bond acceptors (Lipinski definition) is 7. The van der Waals surface area contributed by atoms with Gasteiger partial charge in [0.25, 0.3) is 0 Å². The molecule has 1 saturated heterocycles. The first-order valence-corrected chi connectivity index (χ1v) is 8.68. The van der Waals surface area contributed by atoms with Crippen LogP contribution in [0.5, 0.6) is 0 Å². The number of anilines is 2. The molecule has 1 aliphatic heterocycles. The molecule has 9 nitrogen and oxygen atoms in total. The number of aryl methyl sites for hydroxylation is 1. The average molecular weight is 355 g/mol. The number of nitrogens with zero attached hydrogens (tertiary/aromatic N) is 4. The molecular weight excluding hydrogens is 334 g/mol. The van der Waals surface area contributed by atoms with E-state index < -0.39 is 0 Å². The van der Waals surface area contributed by atoms with Crippen LogP contribution in [0.1, 0.15) is 18.5 Å². The van der Waals surface area contributed by atoms with Gasteiger partial charge < -0.3 is 25.0 Å². The van der Waals surface area contributed by atoms with Crippen molar-refractivity contribution < 1.29 is 9.32 Å². The number of aromatic amines is 1. The fraction of sp³-hybridized carbons (Fsp3) is 0.412. The molecule has 0 spiro atoms. The Morgan fingerprint density at radius 2 is 2.38 bits per heavy atom. The summed E-state index contributed by atoms with van der Waals surface area (Å²) in [7, 11) is 0. The quantitative estimate of drug-likeness (QED) is 0.635. The lowest BCUT2D eigenvalue weighted by Crippen LogP contribution is -2.49. The fourth-order valence-corrected chi connectivity index (χ4v) is 3.29. The van der Waals surface area contributed by atoms with Crippen LogP contribution in [0.4, 0.5) is 11.7 Å². The Morgan fingerprint density at radius 1 is 1.46 bits per heavy atom. The highest BCUT2D eigenvalue weighted by atomic mass is 16.5. The highest BCUT2D eigenvalue weighted by molar-refractivity contribution is 5.87. The van der Waals surface area contributed by atoms with Gasteiger partial charge in [-0.15, -0.1) is 0 Å². The molecule has 3 aromatic heterocycles. The Morgan fingerprint density at radius 3 is 3.23 bits per heavy atom. The molecule has 4 heterocycles. The third-order valence-corrected chi connectivity index (χ3v) is 4.47. The van der Waals surface area contributed by atoms with Gasteiger partial charge in [0, 0.05) is 31.4 Å². The molecule has 26 heavy (non-hydrogen) atoms. The van der Waals surface area contributed by atoms with E-state index in [0.29, 0.717) is 5.88 Å². The zero-order valence-electron chi connectivity index (χ0n) is 14.5. The number of carbonyl (C=O) groups excluding carboxylic acids is 1. The summed E-state index contributed by atoms with van der Waals surface area (Å²) in [4.78, 5) is 26.2. The lowest BCUT2D eigenvalue weighted by Gasteiger charge is -2.34. The van der Waals surface area contributed by atoms with Crippen molar-refractivity contribution in [1.82, 2.24) is 25.4 Å². The van der Waals surface area contributed by atoms with Gasteiger partial charge >= 0.3 is 0 Å². The molecule has 9 heteroatoms. The SMILES string of the molecule is Cc1cc(NCC(=O)NC2CCCN(c3ncnc4[nH]ccc34)C2)on1. The van der Waals surface area contributed by atoms with Gasteiger partial charge in [-0.25, -0.2) is 9.97 Å². The predicted molar refractivity (Wildman–Crippen MR) is 97.0 cm³/mol. The topological polar surface area (TPSA) is 112 Å². The normalized spacial score (nSPS) is 17.4. The molecule has 3 N–H and O–H groups in total. The standard InChI is InChI=1S/C17H21N7O2/c1-11-7-15(26-23-11)19-8-14(25)22-12-3-2-6-24(9-12)17-13-4-5-18-16(13)20-10-21-17/h4-5,7,10,12,19H,2-3,6,8-9H2,1H3,(H,22,25)(H,18,20,21). The number of rotatable bonds is 5. The highest BCUT2D eigenvalue weighted by Gasteiger charge is 2.23. The number of fused-ring (bicyclic) bond motifs is 1. The van der Waals surface area contributed by atoms with E-state index in [9.17, 15) is 4.79 Å². The van der Waals surface area contributed by atoms with Gasteiger partial charge in [-0.2, -0.15) is 0 Å². The van der Waals surface area contributed by atoms with Crippen molar-refractivity contribution in [2.45, 2.75) is 25.8 Å². The first-order chi connectivity index (χ1) is 12.7. The molecule has 0 aliphatic carbocycles. The summed E-state index contributed by atoms with van der Waals surface area (Å²) in [5.41, 5.74) is 1.60. The Labute approximate surface area is 150 Å². The van der Waals surface area contributed by atoms with Gasteiger partial charge in [-0.05, 0) is 25.8 Å². The van der Waals surface area contributed by atoms with Crippen molar-refractivity contribution in [2.24, 2.45) is 0 Å². The van der Waals surface area contributed by atoms with Crippen molar-refractivity contribution in [3.63, 3.8) is 0 Å². The molecule has 3 aromatic rings. The number of carbonyl (C=O) groups is 1. The van der Waals surface area contributed by atoms with E-state index in [4.69, 9.17) is 4.52 Å². The minimum absolute atomic E-state index is 0.0691. The summed E-state index contributed by atoms with van der Waals surface area (Å²) in [6, 6.07) is 3.82. The second kappa shape index (κ2) is 7.03. The van der Waals surface area contributed by atoms with E-state index >= 15 is 0 Å². The third kappa shape index (κ3) is 3.46. The summed E-state index contributed by atoms with van der Waals surface area (Å²) in [5.74, 6) is 1.34. The van der Waals surface area contributed by atoms with E-state index in [1.165, 1.54) is 0 Å². The van der Waals surface area contributed by atoms with Crippen molar-refractivity contribution >= 4 is 28.6 Å². The first-order valence-electron chi connectivity index (χ1n) is 8.68. The highest BCUT2D eigenvalue weighted by Crippen LogP contribution is 2.25. The molecular formula is C17H21N7O2. The van der Waals surface area contributed by atoms with E-state index in [0.717, 1.165) is 48.5 Å². The second-order valence-corrected chi connectivity index (χ2v) is 6.48. The van der Waals surface area contributed by atoms with Crippen LogP contribution in [0.2, 0.25) is 0 Å². The van der Waals surface area contributed by atoms with Crippen LogP contribution in [-0.4, -0.2) is 51.7 Å². The van der Waals surface area contributed by atoms with Gasteiger partial charge in [0.2, 0.25) is 11.8 Å². The lowest BCUT2D eigenvalue weighted by atomic mass is 10.1. The molecule has 136 valence electrons. The molecule has 0 aromatic carbocycles. The molecule has 0 saturated carbocycles. The number of piperidine rings is 1. The Bertz CT molecular complexity index is 903. The first kappa shape index (κ1) is 16.4. The van der Waals surface area contributed by atoms with Gasteiger partial charge in [0.15, 0.2) is 0 Å². The number of amides is 1. The van der Waals surface area contributed by atoms with E-state index in [2.05, 4.69) is 35.6 Å². The molecule has 0 bridgehead atoms. The van der Waals surface area contributed by atoms with Gasteiger partial charge in [0.1, 0.15) is 17.8 Å².